The predicted octanol–water partition coefficient (Wildman–Crippen LogP) is 2.70. The zero-order valence-corrected chi connectivity index (χ0v) is 12.8. The van der Waals surface area contributed by atoms with E-state index >= 15 is 0 Å². The molecule has 3 heteroatoms. The van der Waals surface area contributed by atoms with Gasteiger partial charge < -0.3 is 10.2 Å². The molecule has 0 saturated carbocycles. The number of rotatable bonds is 9. The van der Waals surface area contributed by atoms with Crippen LogP contribution in [0.25, 0.3) is 0 Å². The van der Waals surface area contributed by atoms with Crippen LogP contribution in [0, 0.1) is 5.41 Å². The molecule has 0 heterocycles. The van der Waals surface area contributed by atoms with Crippen molar-refractivity contribution in [3.05, 3.63) is 0 Å². The van der Waals surface area contributed by atoms with Gasteiger partial charge in [-0.3, -0.25) is 0 Å². The monoisotopic (exact) mass is 246 g/mol. The number of nitrogens with zero attached hydrogens (tertiary/aromatic N) is 1. The maximum atomic E-state index is 3.32. The van der Waals surface area contributed by atoms with E-state index in [0.29, 0.717) is 11.5 Å². The molecule has 0 spiro atoms. The summed E-state index contributed by atoms with van der Waals surface area (Å²) in [7, 11) is 4.31. The number of thioether (sulfide) groups is 1. The maximum Gasteiger partial charge on any atom is 0.00719 e. The third-order valence-corrected chi connectivity index (χ3v) is 4.22. The molecule has 1 N–H and O–H groups in total. The molecule has 0 aliphatic carbocycles. The van der Waals surface area contributed by atoms with Gasteiger partial charge in [0.05, 0.1) is 0 Å². The van der Waals surface area contributed by atoms with Crippen LogP contribution in [-0.2, 0) is 0 Å². The van der Waals surface area contributed by atoms with Crippen molar-refractivity contribution in [2.45, 2.75) is 39.7 Å². The lowest BCUT2D eigenvalue weighted by atomic mass is 9.86. The van der Waals surface area contributed by atoms with Crippen molar-refractivity contribution in [1.29, 1.82) is 0 Å². The van der Waals surface area contributed by atoms with Crippen LogP contribution >= 0.6 is 11.8 Å². The highest BCUT2D eigenvalue weighted by atomic mass is 32.2. The molecule has 0 aliphatic heterocycles. The van der Waals surface area contributed by atoms with Gasteiger partial charge in [0.1, 0.15) is 0 Å². The Balaban J connectivity index is 4.12. The Labute approximate surface area is 107 Å². The van der Waals surface area contributed by atoms with Crippen molar-refractivity contribution in [1.82, 2.24) is 10.2 Å². The fourth-order valence-corrected chi connectivity index (χ4v) is 2.56. The summed E-state index contributed by atoms with van der Waals surface area (Å²) in [6, 6.07) is 0.690. The quantitative estimate of drug-likeness (QED) is 0.673. The topological polar surface area (TPSA) is 15.3 Å². The summed E-state index contributed by atoms with van der Waals surface area (Å²) < 4.78 is 0. The van der Waals surface area contributed by atoms with Crippen LogP contribution in [-0.4, -0.2) is 50.1 Å². The van der Waals surface area contributed by atoms with Crippen LogP contribution in [0.2, 0.25) is 0 Å². The molecule has 0 aliphatic rings. The third-order valence-electron chi connectivity index (χ3n) is 3.58. The Morgan fingerprint density at radius 1 is 1.44 bits per heavy atom. The second-order valence-corrected chi connectivity index (χ2v) is 6.23. The molecule has 2 unspecified atom stereocenters. The highest BCUT2D eigenvalue weighted by Gasteiger charge is 2.24. The van der Waals surface area contributed by atoms with Gasteiger partial charge in [-0.25, -0.2) is 0 Å². The van der Waals surface area contributed by atoms with Gasteiger partial charge in [0, 0.05) is 19.1 Å². The lowest BCUT2D eigenvalue weighted by Crippen LogP contribution is -2.43. The van der Waals surface area contributed by atoms with Crippen molar-refractivity contribution >= 4 is 11.8 Å². The lowest BCUT2D eigenvalue weighted by molar-refractivity contribution is 0.147. The van der Waals surface area contributed by atoms with E-state index in [2.05, 4.69) is 44.3 Å². The third kappa shape index (κ3) is 6.12. The summed E-state index contributed by atoms with van der Waals surface area (Å²) in [5.41, 5.74) is 0.400. The van der Waals surface area contributed by atoms with Crippen LogP contribution in [0.5, 0.6) is 0 Å². The molecule has 0 radical (unpaired) electrons. The molecule has 2 atom stereocenters. The normalized spacial score (nSPS) is 17.4. The van der Waals surface area contributed by atoms with Gasteiger partial charge in [0.25, 0.3) is 0 Å². The van der Waals surface area contributed by atoms with E-state index in [9.17, 15) is 0 Å². The van der Waals surface area contributed by atoms with Gasteiger partial charge in [0.15, 0.2) is 0 Å². The van der Waals surface area contributed by atoms with Gasteiger partial charge in [-0.2, -0.15) is 11.8 Å². The average Bonchev–Trinajstić information content (AvgIpc) is 2.26. The van der Waals surface area contributed by atoms with Crippen molar-refractivity contribution in [2.75, 3.05) is 39.2 Å². The Bertz CT molecular complexity index is 175. The van der Waals surface area contributed by atoms with E-state index in [1.165, 1.54) is 25.1 Å². The molecule has 0 aromatic carbocycles. The second kappa shape index (κ2) is 8.37. The molecule has 0 aromatic heterocycles. The molecule has 0 bridgehead atoms. The first kappa shape index (κ1) is 16.3. The van der Waals surface area contributed by atoms with Gasteiger partial charge in [-0.05, 0) is 51.3 Å². The van der Waals surface area contributed by atoms with Crippen molar-refractivity contribution in [3.8, 4) is 0 Å². The summed E-state index contributed by atoms with van der Waals surface area (Å²) in [5.74, 6) is 1.26. The first-order valence-corrected chi connectivity index (χ1v) is 7.72. The van der Waals surface area contributed by atoms with Gasteiger partial charge in [0.2, 0.25) is 0 Å². The van der Waals surface area contributed by atoms with Crippen LogP contribution in [0.4, 0.5) is 0 Å². The molecule has 0 amide bonds. The molecule has 0 aromatic rings. The summed E-state index contributed by atoms with van der Waals surface area (Å²) in [6.45, 7) is 9.29. The second-order valence-electron chi connectivity index (χ2n) is 5.24. The molecule has 98 valence electrons. The SMILES string of the molecule is CCC(C)(CNC)CN(C)C(C)CCSC. The highest BCUT2D eigenvalue weighted by Crippen LogP contribution is 2.22. The lowest BCUT2D eigenvalue weighted by Gasteiger charge is -2.36. The van der Waals surface area contributed by atoms with E-state index in [1.54, 1.807) is 0 Å². The average molecular weight is 246 g/mol. The van der Waals surface area contributed by atoms with Gasteiger partial charge in [-0.15, -0.1) is 0 Å². The van der Waals surface area contributed by atoms with Crippen LogP contribution < -0.4 is 5.32 Å². The number of nitrogens with one attached hydrogen (secondary N) is 1. The Kier molecular flexibility index (Phi) is 8.52. The Morgan fingerprint density at radius 3 is 2.50 bits per heavy atom. The predicted molar refractivity (Wildman–Crippen MR) is 77.4 cm³/mol. The van der Waals surface area contributed by atoms with E-state index in [-0.39, 0.29) is 0 Å². The standard InChI is InChI=1S/C13H30N2S/c1-7-13(3,10-14-4)11-15(5)12(2)8-9-16-6/h12,14H,7-11H2,1-6H3. The minimum absolute atomic E-state index is 0.400. The molecule has 16 heavy (non-hydrogen) atoms. The number of hydrogen-bond acceptors (Lipinski definition) is 3. The Hall–Kier alpha value is 0.270. The highest BCUT2D eigenvalue weighted by molar-refractivity contribution is 7.98. The largest absolute Gasteiger partial charge is 0.319 e. The summed E-state index contributed by atoms with van der Waals surface area (Å²) >= 11 is 1.94. The smallest absolute Gasteiger partial charge is 0.00719 e. The van der Waals surface area contributed by atoms with Crippen LogP contribution in [0.3, 0.4) is 0 Å². The molecule has 0 saturated heterocycles. The van der Waals surface area contributed by atoms with E-state index in [4.69, 9.17) is 0 Å². The van der Waals surface area contributed by atoms with E-state index < -0.39 is 0 Å². The minimum Gasteiger partial charge on any atom is -0.319 e. The van der Waals surface area contributed by atoms with Crippen molar-refractivity contribution in [3.63, 3.8) is 0 Å². The summed E-state index contributed by atoms with van der Waals surface area (Å²) in [4.78, 5) is 2.51. The van der Waals surface area contributed by atoms with E-state index in [1.807, 2.05) is 18.8 Å². The molecule has 0 rings (SSSR count). The van der Waals surface area contributed by atoms with Crippen molar-refractivity contribution in [2.24, 2.45) is 5.41 Å². The van der Waals surface area contributed by atoms with Crippen LogP contribution in [0.15, 0.2) is 0 Å². The van der Waals surface area contributed by atoms with Crippen molar-refractivity contribution < 1.29 is 0 Å². The first-order valence-electron chi connectivity index (χ1n) is 6.33. The maximum absolute atomic E-state index is 3.32. The zero-order valence-electron chi connectivity index (χ0n) is 12.0. The Morgan fingerprint density at radius 2 is 2.06 bits per heavy atom. The van der Waals surface area contributed by atoms with Crippen LogP contribution in [0.1, 0.15) is 33.6 Å². The minimum atomic E-state index is 0.400. The fourth-order valence-electron chi connectivity index (χ4n) is 1.99. The molecular formula is C13H30N2S. The molecule has 2 nitrogen and oxygen atoms in total. The summed E-state index contributed by atoms with van der Waals surface area (Å²) in [5, 5.41) is 3.32. The van der Waals surface area contributed by atoms with Gasteiger partial charge in [-0.1, -0.05) is 13.8 Å². The zero-order chi connectivity index (χ0) is 12.6. The summed E-state index contributed by atoms with van der Waals surface area (Å²) in [6.07, 6.45) is 4.70. The molecule has 0 fully saturated rings. The number of hydrogen-bond donors (Lipinski definition) is 1. The van der Waals surface area contributed by atoms with Gasteiger partial charge >= 0.3 is 0 Å². The first-order chi connectivity index (χ1) is 7.49. The molecular weight excluding hydrogens is 216 g/mol. The van der Waals surface area contributed by atoms with E-state index in [0.717, 1.165) is 6.54 Å². The fraction of sp³-hybridized carbons (Fsp3) is 1.00.